The van der Waals surface area contributed by atoms with Gasteiger partial charge in [0.25, 0.3) is 0 Å². The van der Waals surface area contributed by atoms with Crippen molar-refractivity contribution < 1.29 is 22.7 Å². The van der Waals surface area contributed by atoms with Gasteiger partial charge in [0.1, 0.15) is 11.3 Å². The number of ether oxygens (including phenoxy) is 1. The number of amides is 2. The van der Waals surface area contributed by atoms with Crippen molar-refractivity contribution in [2.45, 2.75) is 25.9 Å². The Morgan fingerprint density at radius 1 is 1.13 bits per heavy atom. The highest BCUT2D eigenvalue weighted by molar-refractivity contribution is 7.88. The molecule has 0 radical (unpaired) electrons. The van der Waals surface area contributed by atoms with Crippen molar-refractivity contribution in [3.63, 3.8) is 0 Å². The molecule has 1 saturated heterocycles. The molecule has 0 aromatic heterocycles. The SMILES string of the molecule is CCOc1ccc(N2C(=O)CN(S(C)(=O)=O)CC2(C)C(=O)NCc2ccccc2)cc1. The molecule has 0 spiro atoms. The number of carbonyl (C=O) groups is 2. The van der Waals surface area contributed by atoms with Crippen molar-refractivity contribution in [1.82, 2.24) is 9.62 Å². The number of sulfonamides is 1. The molecule has 8 nitrogen and oxygen atoms in total. The van der Waals surface area contributed by atoms with Gasteiger partial charge in [-0.05, 0) is 43.7 Å². The Labute approximate surface area is 182 Å². The van der Waals surface area contributed by atoms with Crippen molar-refractivity contribution in [2.75, 3.05) is 30.9 Å². The Morgan fingerprint density at radius 3 is 2.35 bits per heavy atom. The number of nitrogens with zero attached hydrogens (tertiary/aromatic N) is 2. The molecule has 0 saturated carbocycles. The summed E-state index contributed by atoms with van der Waals surface area (Å²) in [5.74, 6) is -0.270. The van der Waals surface area contributed by atoms with Gasteiger partial charge in [-0.1, -0.05) is 30.3 Å². The maximum atomic E-state index is 13.3. The van der Waals surface area contributed by atoms with Crippen molar-refractivity contribution in [3.05, 3.63) is 60.2 Å². The van der Waals surface area contributed by atoms with Gasteiger partial charge in [0.15, 0.2) is 0 Å². The third-order valence-corrected chi connectivity index (χ3v) is 6.40. The van der Waals surface area contributed by atoms with E-state index < -0.39 is 27.4 Å². The standard InChI is InChI=1S/C22H27N3O5S/c1-4-30-19-12-10-18(11-13-19)25-20(26)15-24(31(3,28)29)16-22(25,2)21(27)23-14-17-8-6-5-7-9-17/h5-13H,4,14-16H2,1-3H3,(H,23,27). The molecule has 9 heteroatoms. The summed E-state index contributed by atoms with van der Waals surface area (Å²) in [5, 5.41) is 2.85. The molecule has 1 fully saturated rings. The predicted octanol–water partition coefficient (Wildman–Crippen LogP) is 1.77. The first kappa shape index (κ1) is 22.8. The minimum atomic E-state index is -3.66. The Balaban J connectivity index is 1.93. The van der Waals surface area contributed by atoms with Crippen LogP contribution < -0.4 is 15.0 Å². The zero-order chi connectivity index (χ0) is 22.6. The molecule has 1 unspecified atom stereocenters. The molecule has 2 aromatic rings. The summed E-state index contributed by atoms with van der Waals surface area (Å²) in [5.41, 5.74) is -0.0338. The summed E-state index contributed by atoms with van der Waals surface area (Å²) in [6, 6.07) is 16.2. The largest absolute Gasteiger partial charge is 0.494 e. The predicted molar refractivity (Wildman–Crippen MR) is 118 cm³/mol. The molecule has 1 heterocycles. The molecule has 31 heavy (non-hydrogen) atoms. The van der Waals surface area contributed by atoms with Crippen molar-refractivity contribution in [1.29, 1.82) is 0 Å². The second-order valence-corrected chi connectivity index (χ2v) is 9.61. The molecular weight excluding hydrogens is 418 g/mol. The van der Waals surface area contributed by atoms with Crippen molar-refractivity contribution >= 4 is 27.5 Å². The number of benzene rings is 2. The quantitative estimate of drug-likeness (QED) is 0.701. The highest BCUT2D eigenvalue weighted by Crippen LogP contribution is 2.31. The molecule has 166 valence electrons. The molecule has 1 aliphatic heterocycles. The summed E-state index contributed by atoms with van der Waals surface area (Å²) < 4.78 is 30.9. The van der Waals surface area contributed by atoms with E-state index in [-0.39, 0.29) is 19.6 Å². The van der Waals surface area contributed by atoms with Crippen molar-refractivity contribution in [3.8, 4) is 5.75 Å². The fourth-order valence-electron chi connectivity index (χ4n) is 3.63. The normalized spacial score (nSPS) is 19.8. The van der Waals surface area contributed by atoms with Gasteiger partial charge in [-0.3, -0.25) is 14.5 Å². The van der Waals surface area contributed by atoms with E-state index in [1.165, 1.54) is 4.90 Å². The average Bonchev–Trinajstić information content (AvgIpc) is 2.73. The van der Waals surface area contributed by atoms with Gasteiger partial charge < -0.3 is 10.1 Å². The smallest absolute Gasteiger partial charge is 0.247 e. The van der Waals surface area contributed by atoms with Gasteiger partial charge in [-0.15, -0.1) is 0 Å². The lowest BCUT2D eigenvalue weighted by atomic mass is 9.94. The maximum absolute atomic E-state index is 13.3. The first-order chi connectivity index (χ1) is 14.6. The topological polar surface area (TPSA) is 96.0 Å². The molecule has 0 aliphatic carbocycles. The molecule has 3 rings (SSSR count). The van der Waals surface area contributed by atoms with E-state index in [1.54, 1.807) is 31.2 Å². The molecule has 2 aromatic carbocycles. The van der Waals surface area contributed by atoms with Gasteiger partial charge in [-0.2, -0.15) is 4.31 Å². The van der Waals surface area contributed by atoms with Crippen LogP contribution in [0.25, 0.3) is 0 Å². The second-order valence-electron chi connectivity index (χ2n) is 7.63. The maximum Gasteiger partial charge on any atom is 0.247 e. The van der Waals surface area contributed by atoms with Crippen LogP contribution in [-0.4, -0.2) is 56.0 Å². The highest BCUT2D eigenvalue weighted by Gasteiger charge is 2.50. The monoisotopic (exact) mass is 445 g/mol. The number of nitrogens with one attached hydrogen (secondary N) is 1. The van der Waals surface area contributed by atoms with Crippen LogP contribution in [-0.2, 0) is 26.2 Å². The van der Waals surface area contributed by atoms with E-state index in [0.29, 0.717) is 18.0 Å². The fraction of sp³-hybridized carbons (Fsp3) is 0.364. The van der Waals surface area contributed by atoms with Crippen LogP contribution >= 0.6 is 0 Å². The number of rotatable bonds is 7. The number of anilines is 1. The minimum Gasteiger partial charge on any atom is -0.494 e. The Morgan fingerprint density at radius 2 is 1.77 bits per heavy atom. The third kappa shape index (κ3) is 5.05. The van der Waals surface area contributed by atoms with Crippen LogP contribution in [0.15, 0.2) is 54.6 Å². The minimum absolute atomic E-state index is 0.147. The second kappa shape index (κ2) is 9.07. The summed E-state index contributed by atoms with van der Waals surface area (Å²) >= 11 is 0. The molecule has 1 atom stereocenters. The van der Waals surface area contributed by atoms with Gasteiger partial charge in [0.05, 0.1) is 19.4 Å². The van der Waals surface area contributed by atoms with Crippen molar-refractivity contribution in [2.24, 2.45) is 0 Å². The van der Waals surface area contributed by atoms with Crippen LogP contribution in [0.2, 0.25) is 0 Å². The average molecular weight is 446 g/mol. The summed E-state index contributed by atoms with van der Waals surface area (Å²) in [7, 11) is -3.66. The fourth-order valence-corrected chi connectivity index (χ4v) is 4.46. The zero-order valence-corrected chi connectivity index (χ0v) is 18.7. The summed E-state index contributed by atoms with van der Waals surface area (Å²) in [6.07, 6.45) is 1.04. The van der Waals surface area contributed by atoms with Crippen LogP contribution in [0, 0.1) is 0 Å². The first-order valence-electron chi connectivity index (χ1n) is 9.98. The van der Waals surface area contributed by atoms with E-state index in [1.807, 2.05) is 37.3 Å². The lowest BCUT2D eigenvalue weighted by Gasteiger charge is -2.46. The number of piperazine rings is 1. The van der Waals surface area contributed by atoms with E-state index in [0.717, 1.165) is 16.1 Å². The van der Waals surface area contributed by atoms with Gasteiger partial charge in [-0.25, -0.2) is 8.42 Å². The van der Waals surface area contributed by atoms with Gasteiger partial charge in [0.2, 0.25) is 21.8 Å². The Hall–Kier alpha value is -2.91. The Bertz CT molecular complexity index is 1040. The lowest BCUT2D eigenvalue weighted by Crippen LogP contribution is -2.70. The number of hydrogen-bond acceptors (Lipinski definition) is 5. The highest BCUT2D eigenvalue weighted by atomic mass is 32.2. The first-order valence-corrected chi connectivity index (χ1v) is 11.8. The van der Waals surface area contributed by atoms with Crippen LogP contribution in [0.4, 0.5) is 5.69 Å². The molecule has 0 bridgehead atoms. The van der Waals surface area contributed by atoms with E-state index in [9.17, 15) is 18.0 Å². The third-order valence-electron chi connectivity index (χ3n) is 5.20. The van der Waals surface area contributed by atoms with Crippen LogP contribution in [0.1, 0.15) is 19.4 Å². The van der Waals surface area contributed by atoms with Gasteiger partial charge in [0, 0.05) is 18.8 Å². The van der Waals surface area contributed by atoms with Gasteiger partial charge >= 0.3 is 0 Å². The Kier molecular flexibility index (Phi) is 6.66. The van der Waals surface area contributed by atoms with Crippen LogP contribution in [0.5, 0.6) is 5.75 Å². The number of carbonyl (C=O) groups excluding carboxylic acids is 2. The molecule has 1 N–H and O–H groups in total. The number of hydrogen-bond donors (Lipinski definition) is 1. The molecular formula is C22H27N3O5S. The van der Waals surface area contributed by atoms with E-state index >= 15 is 0 Å². The van der Waals surface area contributed by atoms with Crippen LogP contribution in [0.3, 0.4) is 0 Å². The van der Waals surface area contributed by atoms with E-state index in [2.05, 4.69) is 5.32 Å². The molecule has 1 aliphatic rings. The molecule has 2 amide bonds. The summed E-state index contributed by atoms with van der Waals surface area (Å²) in [4.78, 5) is 27.8. The lowest BCUT2D eigenvalue weighted by molar-refractivity contribution is -0.133. The zero-order valence-electron chi connectivity index (χ0n) is 17.9. The summed E-state index contributed by atoms with van der Waals surface area (Å²) in [6.45, 7) is 3.75. The van der Waals surface area contributed by atoms with E-state index in [4.69, 9.17) is 4.74 Å².